The number of hydrogen-bond donors (Lipinski definition) is 2. The van der Waals surface area contributed by atoms with Gasteiger partial charge in [-0.25, -0.2) is 8.78 Å². The Kier molecular flexibility index (Phi) is 4.91. The number of rotatable bonds is 6. The zero-order valence-corrected chi connectivity index (χ0v) is 8.37. The minimum atomic E-state index is -6.58. The van der Waals surface area contributed by atoms with Gasteiger partial charge >= 0.3 is 24.2 Å². The quantitative estimate of drug-likeness (QED) is 0.723. The molecule has 11 heteroatoms. The van der Waals surface area contributed by atoms with E-state index in [4.69, 9.17) is 5.11 Å². The molecule has 0 aromatic carbocycles. The third kappa shape index (κ3) is 2.65. The van der Waals surface area contributed by atoms with E-state index in [0.717, 1.165) is 5.32 Å². The van der Waals surface area contributed by atoms with Crippen LogP contribution in [-0.2, 0) is 4.79 Å². The lowest BCUT2D eigenvalue weighted by Crippen LogP contribution is -2.63. The summed E-state index contributed by atoms with van der Waals surface area (Å²) < 4.78 is 98.5. The van der Waals surface area contributed by atoms with E-state index in [1.165, 1.54) is 0 Å². The summed E-state index contributed by atoms with van der Waals surface area (Å²) in [4.78, 5) is 10.5. The van der Waals surface area contributed by atoms with Gasteiger partial charge in [0.05, 0.1) is 6.61 Å². The van der Waals surface area contributed by atoms with E-state index in [9.17, 15) is 39.9 Å². The van der Waals surface area contributed by atoms with Gasteiger partial charge in [-0.05, 0) is 0 Å². The van der Waals surface area contributed by atoms with E-state index in [1.807, 2.05) is 0 Å². The number of amides is 1. The van der Waals surface area contributed by atoms with Crippen molar-refractivity contribution in [2.45, 2.75) is 24.2 Å². The molecule has 0 aliphatic carbocycles. The van der Waals surface area contributed by atoms with Crippen LogP contribution in [0.4, 0.5) is 35.1 Å². The molecule has 0 atom stereocenters. The molecule has 18 heavy (non-hydrogen) atoms. The summed E-state index contributed by atoms with van der Waals surface area (Å²) in [5.74, 6) is -21.9. The molecule has 0 aromatic heterocycles. The molecular weight excluding hydrogens is 282 g/mol. The zero-order chi connectivity index (χ0) is 14.8. The molecule has 0 saturated heterocycles. The lowest BCUT2D eigenvalue weighted by molar-refractivity contribution is -0.327. The Morgan fingerprint density at radius 2 is 1.56 bits per heavy atom. The molecule has 0 aliphatic rings. The molecule has 0 aliphatic heterocycles. The Labute approximate surface area is 94.8 Å². The van der Waals surface area contributed by atoms with E-state index in [0.29, 0.717) is 0 Å². The highest BCUT2D eigenvalue weighted by Crippen LogP contribution is 2.48. The summed E-state index contributed by atoms with van der Waals surface area (Å²) in [6.45, 7) is -1.86. The van der Waals surface area contributed by atoms with E-state index in [2.05, 4.69) is 0 Å². The molecule has 0 saturated carbocycles. The van der Waals surface area contributed by atoms with Crippen LogP contribution in [0.2, 0.25) is 0 Å². The summed E-state index contributed by atoms with van der Waals surface area (Å²) in [7, 11) is 0. The SMILES string of the molecule is O=C(NCCO)C(F)(F)C(F)(F)C(F)(F)C(F)F. The first-order valence-electron chi connectivity index (χ1n) is 4.23. The molecule has 0 radical (unpaired) electrons. The number of aliphatic hydroxyl groups excluding tert-OH is 1. The van der Waals surface area contributed by atoms with Crippen LogP contribution in [0.15, 0.2) is 0 Å². The number of alkyl halides is 8. The molecular formula is C7H7F8NO2. The van der Waals surface area contributed by atoms with Crippen molar-refractivity contribution in [1.29, 1.82) is 0 Å². The number of carbonyl (C=O) groups is 1. The minimum absolute atomic E-state index is 0.926. The molecule has 0 bridgehead atoms. The van der Waals surface area contributed by atoms with Crippen LogP contribution in [0.3, 0.4) is 0 Å². The Bertz CT molecular complexity index is 306. The molecule has 108 valence electrons. The second-order valence-corrected chi connectivity index (χ2v) is 3.05. The fourth-order valence-electron chi connectivity index (χ4n) is 0.769. The van der Waals surface area contributed by atoms with Crippen molar-refractivity contribution in [3.05, 3.63) is 0 Å². The van der Waals surface area contributed by atoms with Crippen LogP contribution < -0.4 is 5.32 Å². The maximum absolute atomic E-state index is 12.7. The summed E-state index contributed by atoms with van der Waals surface area (Å²) >= 11 is 0. The summed E-state index contributed by atoms with van der Waals surface area (Å²) in [5, 5.41) is 9.11. The van der Waals surface area contributed by atoms with Gasteiger partial charge in [0.1, 0.15) is 0 Å². The van der Waals surface area contributed by atoms with E-state index >= 15 is 0 Å². The number of aliphatic hydroxyl groups is 1. The highest BCUT2D eigenvalue weighted by molar-refractivity contribution is 5.84. The molecule has 2 N–H and O–H groups in total. The van der Waals surface area contributed by atoms with Crippen LogP contribution in [0.5, 0.6) is 0 Å². The van der Waals surface area contributed by atoms with Crippen molar-refractivity contribution in [2.24, 2.45) is 0 Å². The van der Waals surface area contributed by atoms with Crippen molar-refractivity contribution in [2.75, 3.05) is 13.2 Å². The first kappa shape index (κ1) is 16.9. The van der Waals surface area contributed by atoms with Crippen molar-refractivity contribution in [3.63, 3.8) is 0 Å². The number of hydrogen-bond acceptors (Lipinski definition) is 2. The second kappa shape index (κ2) is 5.24. The first-order chi connectivity index (χ1) is 7.92. The van der Waals surface area contributed by atoms with E-state index < -0.39 is 43.3 Å². The van der Waals surface area contributed by atoms with E-state index in [-0.39, 0.29) is 0 Å². The average Bonchev–Trinajstić information content (AvgIpc) is 2.24. The largest absolute Gasteiger partial charge is 0.395 e. The number of halogens is 8. The predicted molar refractivity (Wildman–Crippen MR) is 40.9 cm³/mol. The molecule has 0 heterocycles. The topological polar surface area (TPSA) is 49.3 Å². The smallest absolute Gasteiger partial charge is 0.392 e. The van der Waals surface area contributed by atoms with Crippen LogP contribution in [0.25, 0.3) is 0 Å². The maximum Gasteiger partial charge on any atom is 0.392 e. The predicted octanol–water partition coefficient (Wildman–Crippen LogP) is 1.27. The molecule has 0 fully saturated rings. The average molecular weight is 289 g/mol. The van der Waals surface area contributed by atoms with Gasteiger partial charge in [-0.2, -0.15) is 26.3 Å². The fraction of sp³-hybridized carbons (Fsp3) is 0.857. The van der Waals surface area contributed by atoms with Gasteiger partial charge < -0.3 is 10.4 Å². The Morgan fingerprint density at radius 1 is 1.11 bits per heavy atom. The van der Waals surface area contributed by atoms with E-state index in [1.54, 1.807) is 0 Å². The van der Waals surface area contributed by atoms with Crippen LogP contribution in [0.1, 0.15) is 0 Å². The monoisotopic (exact) mass is 289 g/mol. The van der Waals surface area contributed by atoms with Gasteiger partial charge in [0.15, 0.2) is 0 Å². The highest BCUT2D eigenvalue weighted by Gasteiger charge is 2.78. The number of carbonyl (C=O) groups excluding carboxylic acids is 1. The van der Waals surface area contributed by atoms with Crippen molar-refractivity contribution in [3.8, 4) is 0 Å². The van der Waals surface area contributed by atoms with Gasteiger partial charge in [-0.1, -0.05) is 0 Å². The molecule has 0 aromatic rings. The van der Waals surface area contributed by atoms with Gasteiger partial charge in [0.2, 0.25) is 0 Å². The van der Waals surface area contributed by atoms with Crippen LogP contribution in [-0.4, -0.2) is 48.4 Å². The summed E-state index contributed by atoms with van der Waals surface area (Å²) in [5.41, 5.74) is 0. The van der Waals surface area contributed by atoms with Crippen molar-refractivity contribution in [1.82, 2.24) is 5.32 Å². The third-order valence-corrected chi connectivity index (χ3v) is 1.77. The maximum atomic E-state index is 12.7. The van der Waals surface area contributed by atoms with Crippen molar-refractivity contribution >= 4 is 5.91 Å². The normalized spacial score (nSPS) is 13.9. The van der Waals surface area contributed by atoms with Gasteiger partial charge in [0, 0.05) is 6.54 Å². The zero-order valence-electron chi connectivity index (χ0n) is 8.37. The third-order valence-electron chi connectivity index (χ3n) is 1.77. The molecule has 0 spiro atoms. The van der Waals surface area contributed by atoms with Gasteiger partial charge in [0.25, 0.3) is 5.91 Å². The first-order valence-corrected chi connectivity index (χ1v) is 4.23. The van der Waals surface area contributed by atoms with Crippen LogP contribution >= 0.6 is 0 Å². The molecule has 3 nitrogen and oxygen atoms in total. The molecule has 0 unspecified atom stereocenters. The Balaban J connectivity index is 5.25. The molecule has 0 rings (SSSR count). The molecule has 1 amide bonds. The number of nitrogens with one attached hydrogen (secondary N) is 1. The highest BCUT2D eigenvalue weighted by atomic mass is 19.4. The fourth-order valence-corrected chi connectivity index (χ4v) is 0.769. The minimum Gasteiger partial charge on any atom is -0.395 e. The summed E-state index contributed by atoms with van der Waals surface area (Å²) in [6.07, 6.45) is -5.08. The van der Waals surface area contributed by atoms with Gasteiger partial charge in [-0.3, -0.25) is 4.79 Å². The standard InChI is InChI=1S/C7H7F8NO2/c8-3(9)5(10,11)7(14,15)6(12,13)4(18)16-1-2-17/h3,17H,1-2H2,(H,16,18). The summed E-state index contributed by atoms with van der Waals surface area (Å²) in [6, 6.07) is 0. The second-order valence-electron chi connectivity index (χ2n) is 3.05. The lowest BCUT2D eigenvalue weighted by atomic mass is 10.0. The lowest BCUT2D eigenvalue weighted by Gasteiger charge is -2.31. The Morgan fingerprint density at radius 3 is 1.89 bits per heavy atom. The Hall–Kier alpha value is -1.13. The van der Waals surface area contributed by atoms with Gasteiger partial charge in [-0.15, -0.1) is 0 Å². The van der Waals surface area contributed by atoms with Crippen LogP contribution in [0, 0.1) is 0 Å². The van der Waals surface area contributed by atoms with Crippen molar-refractivity contribution < 1.29 is 45.0 Å².